The summed E-state index contributed by atoms with van der Waals surface area (Å²) in [5, 5.41) is 2.80. The molecule has 1 atom stereocenters. The molecule has 1 amide bonds. The number of hydrogen-bond acceptors (Lipinski definition) is 5. The summed E-state index contributed by atoms with van der Waals surface area (Å²) in [6.45, 7) is 7.02. The summed E-state index contributed by atoms with van der Waals surface area (Å²) in [5.41, 5.74) is 9.06. The first-order valence-corrected chi connectivity index (χ1v) is 9.40. The summed E-state index contributed by atoms with van der Waals surface area (Å²) in [7, 11) is 0. The van der Waals surface area contributed by atoms with Crippen LogP contribution in [0.1, 0.15) is 39.2 Å². The third-order valence-electron chi connectivity index (χ3n) is 4.44. The van der Waals surface area contributed by atoms with E-state index in [1.165, 1.54) is 0 Å². The molecular weight excluding hydrogens is 342 g/mol. The third-order valence-corrected chi connectivity index (χ3v) is 4.44. The van der Waals surface area contributed by atoms with Crippen LogP contribution < -0.4 is 20.5 Å². The highest BCUT2D eigenvalue weighted by Gasteiger charge is 2.19. The Bertz CT molecular complexity index is 820. The maximum Gasteiger partial charge on any atom is 0.225 e. The van der Waals surface area contributed by atoms with E-state index in [0.717, 1.165) is 34.6 Å². The summed E-state index contributed by atoms with van der Waals surface area (Å²) in [4.78, 5) is 15.9. The van der Waals surface area contributed by atoms with Crippen molar-refractivity contribution >= 4 is 11.7 Å². The number of benzene rings is 1. The Morgan fingerprint density at radius 3 is 2.89 bits per heavy atom. The molecule has 1 aromatic carbocycles. The maximum absolute atomic E-state index is 11.6. The molecule has 1 aromatic heterocycles. The molecule has 6 nitrogen and oxygen atoms in total. The van der Waals surface area contributed by atoms with Crippen molar-refractivity contribution in [2.45, 2.75) is 46.3 Å². The van der Waals surface area contributed by atoms with Crippen LogP contribution in [0.4, 0.5) is 5.82 Å². The average molecular weight is 369 g/mol. The van der Waals surface area contributed by atoms with Gasteiger partial charge in [0, 0.05) is 35.9 Å². The van der Waals surface area contributed by atoms with Crippen LogP contribution in [0.3, 0.4) is 0 Å². The van der Waals surface area contributed by atoms with Crippen molar-refractivity contribution in [2.24, 2.45) is 11.7 Å². The van der Waals surface area contributed by atoms with Gasteiger partial charge in [0.1, 0.15) is 30.5 Å². The highest BCUT2D eigenvalue weighted by molar-refractivity contribution is 5.90. The number of hydrogen-bond donors (Lipinski definition) is 2. The van der Waals surface area contributed by atoms with Crippen LogP contribution in [-0.2, 0) is 11.4 Å². The van der Waals surface area contributed by atoms with Crippen molar-refractivity contribution in [2.75, 3.05) is 11.9 Å². The SMILES string of the molecule is CCC(=O)Nc1cc2c(cn1)COc1cc(OCC(N)CC(C)C)ccc1-2. The van der Waals surface area contributed by atoms with Gasteiger partial charge in [-0.1, -0.05) is 20.8 Å². The average Bonchev–Trinajstić information content (AvgIpc) is 2.65. The lowest BCUT2D eigenvalue weighted by atomic mass is 9.98. The highest BCUT2D eigenvalue weighted by atomic mass is 16.5. The second kappa shape index (κ2) is 8.39. The van der Waals surface area contributed by atoms with E-state index in [0.29, 0.717) is 31.4 Å². The van der Waals surface area contributed by atoms with Crippen molar-refractivity contribution in [3.63, 3.8) is 0 Å². The predicted molar refractivity (Wildman–Crippen MR) is 106 cm³/mol. The minimum atomic E-state index is -0.0591. The number of pyridine rings is 1. The van der Waals surface area contributed by atoms with Crippen molar-refractivity contribution in [3.8, 4) is 22.6 Å². The van der Waals surface area contributed by atoms with Crippen LogP contribution in [0.15, 0.2) is 30.5 Å². The first kappa shape index (κ1) is 19.2. The Labute approximate surface area is 160 Å². The molecule has 1 aliphatic rings. The lowest BCUT2D eigenvalue weighted by molar-refractivity contribution is -0.115. The molecule has 0 saturated carbocycles. The number of nitrogens with two attached hydrogens (primary N) is 1. The number of carbonyl (C=O) groups excluding carboxylic acids is 1. The van der Waals surface area contributed by atoms with E-state index in [2.05, 4.69) is 24.1 Å². The van der Waals surface area contributed by atoms with Gasteiger partial charge in [-0.3, -0.25) is 4.79 Å². The Morgan fingerprint density at radius 1 is 1.33 bits per heavy atom. The van der Waals surface area contributed by atoms with Gasteiger partial charge in [0.15, 0.2) is 0 Å². The van der Waals surface area contributed by atoms with Crippen LogP contribution in [0.25, 0.3) is 11.1 Å². The van der Waals surface area contributed by atoms with Gasteiger partial charge in [-0.2, -0.15) is 0 Å². The number of aromatic nitrogens is 1. The van der Waals surface area contributed by atoms with Crippen molar-refractivity contribution < 1.29 is 14.3 Å². The number of ether oxygens (including phenoxy) is 2. The molecule has 1 unspecified atom stereocenters. The van der Waals surface area contributed by atoms with Gasteiger partial charge in [0.25, 0.3) is 0 Å². The molecule has 0 aliphatic carbocycles. The fraction of sp³-hybridized carbons (Fsp3) is 0.429. The summed E-state index contributed by atoms with van der Waals surface area (Å²) in [5.74, 6) is 2.54. The zero-order valence-electron chi connectivity index (χ0n) is 16.1. The molecule has 0 spiro atoms. The molecule has 3 N–H and O–H groups in total. The number of nitrogens with one attached hydrogen (secondary N) is 1. The molecular formula is C21H27N3O3. The summed E-state index contributed by atoms with van der Waals surface area (Å²) in [6, 6.07) is 7.69. The number of carbonyl (C=O) groups is 1. The summed E-state index contributed by atoms with van der Waals surface area (Å²) >= 11 is 0. The second-order valence-electron chi connectivity index (χ2n) is 7.28. The normalized spacial score (nSPS) is 13.4. The monoisotopic (exact) mass is 369 g/mol. The zero-order chi connectivity index (χ0) is 19.4. The third kappa shape index (κ3) is 4.77. The number of nitrogens with zero attached hydrogens (tertiary/aromatic N) is 1. The molecule has 0 fully saturated rings. The van der Waals surface area contributed by atoms with Gasteiger partial charge in [-0.15, -0.1) is 0 Å². The Morgan fingerprint density at radius 2 is 2.15 bits per heavy atom. The molecule has 0 saturated heterocycles. The standard InChI is InChI=1S/C21H27N3O3/c1-4-21(25)24-20-9-18-14(10-23-20)11-27-19-8-16(5-6-17(18)19)26-12-15(22)7-13(2)3/h5-6,8-10,13,15H,4,7,11-12,22H2,1-3H3,(H,23,24,25). The van der Waals surface area contributed by atoms with E-state index in [9.17, 15) is 4.79 Å². The van der Waals surface area contributed by atoms with Crippen LogP contribution in [0, 0.1) is 5.92 Å². The van der Waals surface area contributed by atoms with E-state index >= 15 is 0 Å². The van der Waals surface area contributed by atoms with Crippen molar-refractivity contribution in [1.82, 2.24) is 4.98 Å². The first-order valence-electron chi connectivity index (χ1n) is 9.40. The minimum Gasteiger partial charge on any atom is -0.492 e. The molecule has 1 aliphatic heterocycles. The number of anilines is 1. The topological polar surface area (TPSA) is 86.5 Å². The predicted octanol–water partition coefficient (Wildman–Crippen LogP) is 3.74. The maximum atomic E-state index is 11.6. The molecule has 0 bridgehead atoms. The van der Waals surface area contributed by atoms with Gasteiger partial charge >= 0.3 is 0 Å². The van der Waals surface area contributed by atoms with Crippen molar-refractivity contribution in [3.05, 3.63) is 36.0 Å². The molecule has 6 heteroatoms. The largest absolute Gasteiger partial charge is 0.492 e. The van der Waals surface area contributed by atoms with Gasteiger partial charge in [-0.25, -0.2) is 4.98 Å². The van der Waals surface area contributed by atoms with Crippen LogP contribution in [0.2, 0.25) is 0 Å². The lowest BCUT2D eigenvalue weighted by Crippen LogP contribution is -2.29. The van der Waals surface area contributed by atoms with Gasteiger partial charge in [0.05, 0.1) is 0 Å². The fourth-order valence-electron chi connectivity index (χ4n) is 3.12. The van der Waals surface area contributed by atoms with E-state index in [-0.39, 0.29) is 11.9 Å². The minimum absolute atomic E-state index is 0.0125. The lowest BCUT2D eigenvalue weighted by Gasteiger charge is -2.22. The highest BCUT2D eigenvalue weighted by Crippen LogP contribution is 2.40. The number of fused-ring (bicyclic) bond motifs is 3. The van der Waals surface area contributed by atoms with E-state index < -0.39 is 0 Å². The molecule has 3 rings (SSSR count). The molecule has 2 aromatic rings. The zero-order valence-corrected chi connectivity index (χ0v) is 16.1. The quantitative estimate of drug-likeness (QED) is 0.776. The van der Waals surface area contributed by atoms with Crippen molar-refractivity contribution in [1.29, 1.82) is 0 Å². The summed E-state index contributed by atoms with van der Waals surface area (Å²) in [6.07, 6.45) is 3.09. The van der Waals surface area contributed by atoms with E-state index in [4.69, 9.17) is 15.2 Å². The Hall–Kier alpha value is -2.60. The number of amides is 1. The molecule has 144 valence electrons. The Balaban J connectivity index is 1.77. The summed E-state index contributed by atoms with van der Waals surface area (Å²) < 4.78 is 11.7. The Kier molecular flexibility index (Phi) is 5.96. The molecule has 2 heterocycles. The molecule has 0 radical (unpaired) electrons. The van der Waals surface area contributed by atoms with Gasteiger partial charge < -0.3 is 20.5 Å². The number of rotatable bonds is 7. The van der Waals surface area contributed by atoms with Crippen LogP contribution >= 0.6 is 0 Å². The van der Waals surface area contributed by atoms with Gasteiger partial charge in [0.2, 0.25) is 5.91 Å². The van der Waals surface area contributed by atoms with Crippen LogP contribution in [-0.4, -0.2) is 23.5 Å². The van der Waals surface area contributed by atoms with Gasteiger partial charge in [-0.05, 0) is 36.1 Å². The smallest absolute Gasteiger partial charge is 0.225 e. The van der Waals surface area contributed by atoms with E-state index in [1.54, 1.807) is 6.20 Å². The molecule has 27 heavy (non-hydrogen) atoms. The van der Waals surface area contributed by atoms with Crippen LogP contribution in [0.5, 0.6) is 11.5 Å². The first-order chi connectivity index (χ1) is 13.0. The van der Waals surface area contributed by atoms with E-state index in [1.807, 2.05) is 31.2 Å². The fourth-order valence-corrected chi connectivity index (χ4v) is 3.12. The second-order valence-corrected chi connectivity index (χ2v) is 7.28.